The van der Waals surface area contributed by atoms with Gasteiger partial charge in [0.25, 0.3) is 0 Å². The Balaban J connectivity index is 2.09. The third-order valence-corrected chi connectivity index (χ3v) is 3.19. The quantitative estimate of drug-likeness (QED) is 0.498. The van der Waals surface area contributed by atoms with Crippen molar-refractivity contribution < 1.29 is 15.3 Å². The maximum absolute atomic E-state index is 9.21. The minimum Gasteiger partial charge on any atom is -0.394 e. The lowest BCUT2D eigenvalue weighted by Gasteiger charge is -2.28. The number of fused-ring (bicyclic) bond motifs is 1. The summed E-state index contributed by atoms with van der Waals surface area (Å²) in [7, 11) is 0. The minimum atomic E-state index is -1.03. The first-order chi connectivity index (χ1) is 8.73. The van der Waals surface area contributed by atoms with Crippen molar-refractivity contribution in [2.45, 2.75) is 12.1 Å². The Bertz CT molecular complexity index is 497. The molecule has 2 rings (SSSR count). The Labute approximate surface area is 105 Å². The highest BCUT2D eigenvalue weighted by atomic mass is 16.3. The molecule has 1 heterocycles. The van der Waals surface area contributed by atoms with E-state index in [0.717, 1.165) is 16.5 Å². The number of aliphatic hydroxyl groups is 3. The van der Waals surface area contributed by atoms with Gasteiger partial charge in [-0.15, -0.1) is 0 Å². The van der Waals surface area contributed by atoms with Crippen molar-refractivity contribution in [3.8, 4) is 0 Å². The van der Waals surface area contributed by atoms with Gasteiger partial charge < -0.3 is 25.6 Å². The van der Waals surface area contributed by atoms with Crippen LogP contribution in [-0.4, -0.2) is 45.7 Å². The average Bonchev–Trinajstić information content (AvgIpc) is 2.88. The van der Waals surface area contributed by atoms with Gasteiger partial charge in [-0.3, -0.25) is 0 Å². The van der Waals surface area contributed by atoms with Gasteiger partial charge in [-0.25, -0.2) is 0 Å². The summed E-state index contributed by atoms with van der Waals surface area (Å²) in [6, 6.07) is 7.94. The van der Waals surface area contributed by atoms with Crippen LogP contribution in [0.15, 0.2) is 30.5 Å². The Kier molecular flexibility index (Phi) is 3.98. The molecule has 0 saturated heterocycles. The predicted molar refractivity (Wildman–Crippen MR) is 69.1 cm³/mol. The van der Waals surface area contributed by atoms with Crippen molar-refractivity contribution in [2.24, 2.45) is 0 Å². The van der Waals surface area contributed by atoms with Crippen LogP contribution in [0.2, 0.25) is 0 Å². The van der Waals surface area contributed by atoms with Gasteiger partial charge in [-0.05, 0) is 29.1 Å². The zero-order valence-corrected chi connectivity index (χ0v) is 10.1. The Morgan fingerprint density at radius 3 is 2.44 bits per heavy atom. The van der Waals surface area contributed by atoms with E-state index >= 15 is 0 Å². The van der Waals surface area contributed by atoms with E-state index in [9.17, 15) is 15.3 Å². The van der Waals surface area contributed by atoms with E-state index in [-0.39, 0.29) is 19.8 Å². The summed E-state index contributed by atoms with van der Waals surface area (Å²) in [6.07, 6.45) is 1.88. The number of nitrogens with one attached hydrogen (secondary N) is 2. The van der Waals surface area contributed by atoms with Crippen molar-refractivity contribution in [2.75, 3.05) is 19.8 Å². The van der Waals surface area contributed by atoms with Gasteiger partial charge in [-0.1, -0.05) is 6.07 Å². The highest BCUT2D eigenvalue weighted by Gasteiger charge is 2.26. The molecule has 0 amide bonds. The normalized spacial score (nSPS) is 12.2. The number of benzene rings is 1. The van der Waals surface area contributed by atoms with Crippen LogP contribution < -0.4 is 5.32 Å². The van der Waals surface area contributed by atoms with Crippen molar-refractivity contribution in [3.63, 3.8) is 0 Å². The zero-order valence-electron chi connectivity index (χ0n) is 10.1. The first-order valence-corrected chi connectivity index (χ1v) is 5.87. The van der Waals surface area contributed by atoms with Crippen LogP contribution in [0.4, 0.5) is 0 Å². The van der Waals surface area contributed by atoms with Crippen LogP contribution in [0.3, 0.4) is 0 Å². The summed E-state index contributed by atoms with van der Waals surface area (Å²) in [6.45, 7) is -0.464. The molecule has 0 atom stereocenters. The molecule has 5 heteroatoms. The first-order valence-electron chi connectivity index (χ1n) is 5.87. The van der Waals surface area contributed by atoms with Crippen molar-refractivity contribution >= 4 is 10.9 Å². The number of hydrogen-bond donors (Lipinski definition) is 5. The second-order valence-corrected chi connectivity index (χ2v) is 4.51. The molecule has 1 aromatic carbocycles. The highest BCUT2D eigenvalue weighted by Crippen LogP contribution is 2.15. The van der Waals surface area contributed by atoms with Crippen LogP contribution in [0.25, 0.3) is 10.9 Å². The van der Waals surface area contributed by atoms with E-state index in [1.54, 1.807) is 0 Å². The Morgan fingerprint density at radius 1 is 1.06 bits per heavy atom. The van der Waals surface area contributed by atoms with Gasteiger partial charge in [0.1, 0.15) is 0 Å². The predicted octanol–water partition coefficient (Wildman–Crippen LogP) is -0.0268. The van der Waals surface area contributed by atoms with Gasteiger partial charge in [-0.2, -0.15) is 0 Å². The molecular formula is C13H18N2O3. The number of H-pyrrole nitrogens is 1. The van der Waals surface area contributed by atoms with E-state index in [4.69, 9.17) is 0 Å². The molecule has 2 aromatic rings. The fraction of sp³-hybridized carbons (Fsp3) is 0.385. The highest BCUT2D eigenvalue weighted by molar-refractivity contribution is 5.79. The van der Waals surface area contributed by atoms with Crippen molar-refractivity contribution in [3.05, 3.63) is 36.0 Å². The van der Waals surface area contributed by atoms with Gasteiger partial charge in [0, 0.05) is 18.3 Å². The second kappa shape index (κ2) is 5.49. The minimum absolute atomic E-state index is 0.313. The number of rotatable bonds is 6. The molecule has 0 unspecified atom stereocenters. The molecule has 5 nitrogen and oxygen atoms in total. The molecule has 5 N–H and O–H groups in total. The van der Waals surface area contributed by atoms with E-state index in [1.165, 1.54) is 0 Å². The Hall–Kier alpha value is -1.40. The largest absolute Gasteiger partial charge is 0.394 e. The molecule has 0 bridgehead atoms. The molecule has 0 aliphatic rings. The fourth-order valence-corrected chi connectivity index (χ4v) is 1.82. The lowest BCUT2D eigenvalue weighted by molar-refractivity contribution is 0.0414. The van der Waals surface area contributed by atoms with Gasteiger partial charge in [0.05, 0.1) is 25.4 Å². The molecule has 18 heavy (non-hydrogen) atoms. The molecule has 0 radical (unpaired) electrons. The summed E-state index contributed by atoms with van der Waals surface area (Å²) in [5.41, 5.74) is 1.06. The third kappa shape index (κ3) is 2.54. The molecule has 98 valence electrons. The van der Waals surface area contributed by atoms with Crippen LogP contribution in [0.1, 0.15) is 5.56 Å². The van der Waals surface area contributed by atoms with Gasteiger partial charge in [0.2, 0.25) is 0 Å². The van der Waals surface area contributed by atoms with E-state index in [0.29, 0.717) is 6.54 Å². The topological polar surface area (TPSA) is 88.5 Å². The average molecular weight is 250 g/mol. The van der Waals surface area contributed by atoms with Crippen molar-refractivity contribution in [1.29, 1.82) is 0 Å². The van der Waals surface area contributed by atoms with Crippen LogP contribution >= 0.6 is 0 Å². The Morgan fingerprint density at radius 2 is 1.78 bits per heavy atom. The summed E-state index contributed by atoms with van der Waals surface area (Å²) in [5, 5.41) is 31.7. The molecule has 0 saturated carbocycles. The summed E-state index contributed by atoms with van der Waals surface area (Å²) < 4.78 is 0. The summed E-state index contributed by atoms with van der Waals surface area (Å²) in [4.78, 5) is 3.11. The van der Waals surface area contributed by atoms with Crippen LogP contribution in [0.5, 0.6) is 0 Å². The monoisotopic (exact) mass is 250 g/mol. The number of aromatic nitrogens is 1. The lowest BCUT2D eigenvalue weighted by atomic mass is 10.0. The number of aromatic amines is 1. The van der Waals surface area contributed by atoms with Gasteiger partial charge >= 0.3 is 0 Å². The smallest absolute Gasteiger partial charge is 0.0884 e. The zero-order chi connectivity index (χ0) is 13.0. The standard InChI is InChI=1S/C13H18N2O3/c16-7-13(8-17,9-18)15-6-10-1-2-12-11(5-10)3-4-14-12/h1-5,14-18H,6-9H2. The molecule has 0 fully saturated rings. The molecule has 0 spiro atoms. The summed E-state index contributed by atoms with van der Waals surface area (Å²) in [5.74, 6) is 0. The first kappa shape index (κ1) is 13.0. The molecule has 0 aliphatic carbocycles. The van der Waals surface area contributed by atoms with E-state index in [1.807, 2.05) is 30.5 Å². The van der Waals surface area contributed by atoms with Crippen molar-refractivity contribution in [1.82, 2.24) is 10.3 Å². The van der Waals surface area contributed by atoms with Gasteiger partial charge in [0.15, 0.2) is 0 Å². The molecule has 1 aromatic heterocycles. The summed E-state index contributed by atoms with van der Waals surface area (Å²) >= 11 is 0. The van der Waals surface area contributed by atoms with E-state index < -0.39 is 5.54 Å². The molecule has 0 aliphatic heterocycles. The SMILES string of the molecule is OCC(CO)(CO)NCc1ccc2[nH]ccc2c1. The number of aliphatic hydroxyl groups excluding tert-OH is 3. The number of hydrogen-bond acceptors (Lipinski definition) is 4. The van der Waals surface area contributed by atoms with Crippen LogP contribution in [0, 0.1) is 0 Å². The third-order valence-electron chi connectivity index (χ3n) is 3.19. The lowest BCUT2D eigenvalue weighted by Crippen LogP contribution is -2.54. The van der Waals surface area contributed by atoms with E-state index in [2.05, 4.69) is 10.3 Å². The second-order valence-electron chi connectivity index (χ2n) is 4.51. The van der Waals surface area contributed by atoms with Crippen LogP contribution in [-0.2, 0) is 6.54 Å². The fourth-order valence-electron chi connectivity index (χ4n) is 1.82. The molecular weight excluding hydrogens is 232 g/mol. The maximum Gasteiger partial charge on any atom is 0.0884 e. The maximum atomic E-state index is 9.21.